The number of anilines is 2. The van der Waals surface area contributed by atoms with Crippen molar-refractivity contribution in [3.8, 4) is 0 Å². The smallest absolute Gasteiger partial charge is 0.292 e. The summed E-state index contributed by atoms with van der Waals surface area (Å²) in [5, 5.41) is 32.9. The Balaban J connectivity index is 1.66. The van der Waals surface area contributed by atoms with Crippen LogP contribution in [0.25, 0.3) is 0 Å². The van der Waals surface area contributed by atoms with Crippen LogP contribution < -0.4 is 21.8 Å². The first-order valence-electron chi connectivity index (χ1n) is 8.61. The highest BCUT2D eigenvalue weighted by molar-refractivity contribution is 6.01. The zero-order chi connectivity index (χ0) is 21.0. The number of hydroxylamine groups is 1. The molecule has 3 rings (SSSR count). The highest BCUT2D eigenvalue weighted by atomic mass is 16.6. The van der Waals surface area contributed by atoms with Gasteiger partial charge in [0, 0.05) is 18.2 Å². The lowest BCUT2D eigenvalue weighted by molar-refractivity contribution is -0.383. The van der Waals surface area contributed by atoms with E-state index in [1.165, 1.54) is 6.07 Å². The van der Waals surface area contributed by atoms with Crippen molar-refractivity contribution in [2.45, 2.75) is 19.4 Å². The predicted octanol–water partition coefficient (Wildman–Crippen LogP) is 1.59. The van der Waals surface area contributed by atoms with Crippen LogP contribution in [0, 0.1) is 10.1 Å². The molecule has 0 radical (unpaired) electrons. The summed E-state index contributed by atoms with van der Waals surface area (Å²) in [6.07, 6.45) is 0.366. The fourth-order valence-corrected chi connectivity index (χ4v) is 2.91. The standard InChI is InChI=1S/C18H19N7O4/c1-10(22-23-18(19)24-27)11-5-7-13(8-6-11)20-17(26)14-9-12-3-2-4-15(25(28)29)16(12)21-14/h2-8,14,21,27H,9H2,1H3,(H,20,26)(H3,19,23,24)/b22-10+. The third kappa shape index (κ3) is 4.47. The molecule has 11 nitrogen and oxygen atoms in total. The van der Waals surface area contributed by atoms with Gasteiger partial charge >= 0.3 is 0 Å². The van der Waals surface area contributed by atoms with Gasteiger partial charge in [-0.3, -0.25) is 20.1 Å². The number of nitrogens with one attached hydrogen (secondary N) is 3. The van der Waals surface area contributed by atoms with Gasteiger partial charge in [0.1, 0.15) is 11.7 Å². The van der Waals surface area contributed by atoms with E-state index in [2.05, 4.69) is 20.8 Å². The minimum atomic E-state index is -0.600. The van der Waals surface area contributed by atoms with Crippen molar-refractivity contribution in [1.82, 2.24) is 5.48 Å². The van der Waals surface area contributed by atoms with Gasteiger partial charge in [-0.05, 0) is 30.2 Å². The number of benzene rings is 2. The Morgan fingerprint density at radius 1 is 1.28 bits per heavy atom. The number of para-hydroxylation sites is 1. The monoisotopic (exact) mass is 397 g/mol. The molecular weight excluding hydrogens is 378 g/mol. The number of nitrogens with two attached hydrogens (primary N) is 1. The SMILES string of the molecule is C/C(=N\N=C(N)NO)c1ccc(NC(=O)C2Cc3cccc([N+](=O)[O-])c3N2)cc1. The van der Waals surface area contributed by atoms with Crippen LogP contribution in [-0.2, 0) is 11.2 Å². The van der Waals surface area contributed by atoms with Crippen LogP contribution in [-0.4, -0.2) is 33.8 Å². The average Bonchev–Trinajstić information content (AvgIpc) is 3.16. The lowest BCUT2D eigenvalue weighted by Gasteiger charge is -2.12. The van der Waals surface area contributed by atoms with E-state index < -0.39 is 11.0 Å². The third-order valence-electron chi connectivity index (χ3n) is 4.38. The van der Waals surface area contributed by atoms with Crippen molar-refractivity contribution in [3.63, 3.8) is 0 Å². The number of nitrogens with zero attached hydrogens (tertiary/aromatic N) is 3. The van der Waals surface area contributed by atoms with E-state index in [1.54, 1.807) is 48.8 Å². The molecule has 6 N–H and O–H groups in total. The van der Waals surface area contributed by atoms with Crippen molar-refractivity contribution in [1.29, 1.82) is 0 Å². The van der Waals surface area contributed by atoms with Crippen molar-refractivity contribution in [3.05, 3.63) is 63.7 Å². The van der Waals surface area contributed by atoms with Crippen LogP contribution in [0.3, 0.4) is 0 Å². The molecule has 0 spiro atoms. The number of nitro groups is 1. The lowest BCUT2D eigenvalue weighted by Crippen LogP contribution is -2.32. The zero-order valence-electron chi connectivity index (χ0n) is 15.4. The second-order valence-electron chi connectivity index (χ2n) is 6.32. The molecule has 1 atom stereocenters. The van der Waals surface area contributed by atoms with Gasteiger partial charge in [0.05, 0.1) is 10.6 Å². The molecule has 11 heteroatoms. The molecule has 0 saturated carbocycles. The van der Waals surface area contributed by atoms with E-state index in [1.807, 2.05) is 0 Å². The van der Waals surface area contributed by atoms with Gasteiger partial charge in [-0.1, -0.05) is 24.3 Å². The van der Waals surface area contributed by atoms with E-state index >= 15 is 0 Å². The molecule has 0 saturated heterocycles. The summed E-state index contributed by atoms with van der Waals surface area (Å²) in [7, 11) is 0. The molecule has 1 aliphatic rings. The normalized spacial score (nSPS) is 16.0. The number of hydrogen-bond acceptors (Lipinski definition) is 7. The fraction of sp³-hybridized carbons (Fsp3) is 0.167. The van der Waals surface area contributed by atoms with E-state index in [0.717, 1.165) is 11.1 Å². The summed E-state index contributed by atoms with van der Waals surface area (Å²) in [5.74, 6) is -0.529. The number of amides is 1. The minimum absolute atomic E-state index is 0.0448. The van der Waals surface area contributed by atoms with Crippen molar-refractivity contribution < 1.29 is 14.9 Å². The molecular formula is C18H19N7O4. The number of carbonyl (C=O) groups is 1. The molecule has 29 heavy (non-hydrogen) atoms. The Bertz CT molecular complexity index is 1000. The second-order valence-corrected chi connectivity index (χ2v) is 6.32. The molecule has 0 aliphatic carbocycles. The molecule has 0 bridgehead atoms. The first-order chi connectivity index (χ1) is 13.9. The maximum Gasteiger partial charge on any atom is 0.292 e. The number of guanidine groups is 1. The van der Waals surface area contributed by atoms with E-state index in [9.17, 15) is 14.9 Å². The van der Waals surface area contributed by atoms with Gasteiger partial charge in [0.25, 0.3) is 5.69 Å². The molecule has 1 aliphatic heterocycles. The minimum Gasteiger partial charge on any atom is -0.368 e. The van der Waals surface area contributed by atoms with Crippen LogP contribution in [0.5, 0.6) is 0 Å². The van der Waals surface area contributed by atoms with Gasteiger partial charge in [0.2, 0.25) is 11.9 Å². The first kappa shape index (κ1) is 19.8. The molecule has 2 aromatic rings. The molecule has 150 valence electrons. The number of hydrogen-bond donors (Lipinski definition) is 5. The zero-order valence-corrected chi connectivity index (χ0v) is 15.4. The summed E-state index contributed by atoms with van der Waals surface area (Å²) in [6.45, 7) is 1.72. The van der Waals surface area contributed by atoms with Crippen LogP contribution in [0.4, 0.5) is 17.1 Å². The predicted molar refractivity (Wildman–Crippen MR) is 108 cm³/mol. The van der Waals surface area contributed by atoms with E-state index in [0.29, 0.717) is 23.5 Å². The Morgan fingerprint density at radius 2 is 2.00 bits per heavy atom. The third-order valence-corrected chi connectivity index (χ3v) is 4.38. The molecule has 0 aromatic heterocycles. The highest BCUT2D eigenvalue weighted by Gasteiger charge is 2.31. The molecule has 0 fully saturated rings. The summed E-state index contributed by atoms with van der Waals surface area (Å²) in [5.41, 5.74) is 9.91. The maximum atomic E-state index is 12.6. The molecule has 1 amide bonds. The lowest BCUT2D eigenvalue weighted by atomic mass is 10.1. The van der Waals surface area contributed by atoms with Crippen molar-refractivity contribution in [2.24, 2.45) is 15.9 Å². The first-order valence-corrected chi connectivity index (χ1v) is 8.61. The van der Waals surface area contributed by atoms with Gasteiger partial charge in [-0.25, -0.2) is 5.48 Å². The summed E-state index contributed by atoms with van der Waals surface area (Å²) < 4.78 is 0. The van der Waals surface area contributed by atoms with E-state index in [4.69, 9.17) is 10.9 Å². The Morgan fingerprint density at radius 3 is 2.66 bits per heavy atom. The van der Waals surface area contributed by atoms with Crippen LogP contribution in [0.15, 0.2) is 52.7 Å². The number of nitro benzene ring substituents is 1. The van der Waals surface area contributed by atoms with Crippen LogP contribution in [0.2, 0.25) is 0 Å². The topological polar surface area (TPSA) is 167 Å². The molecule has 1 unspecified atom stereocenters. The van der Waals surface area contributed by atoms with Crippen LogP contribution in [0.1, 0.15) is 18.1 Å². The Hall–Kier alpha value is -3.99. The molecule has 1 heterocycles. The quantitative estimate of drug-likeness (QED) is 0.221. The number of carbonyl (C=O) groups excluding carboxylic acids is 1. The van der Waals surface area contributed by atoms with E-state index in [-0.39, 0.29) is 17.6 Å². The number of fused-ring (bicyclic) bond motifs is 1. The Labute approximate surface area is 165 Å². The summed E-state index contributed by atoms with van der Waals surface area (Å²) >= 11 is 0. The average molecular weight is 397 g/mol. The van der Waals surface area contributed by atoms with Gasteiger partial charge in [0.15, 0.2) is 0 Å². The summed E-state index contributed by atoms with van der Waals surface area (Å²) in [6, 6.07) is 11.1. The van der Waals surface area contributed by atoms with Crippen molar-refractivity contribution in [2.75, 3.05) is 10.6 Å². The maximum absolute atomic E-state index is 12.6. The Kier molecular flexibility index (Phi) is 5.69. The summed E-state index contributed by atoms with van der Waals surface area (Å²) in [4.78, 5) is 23.2. The molecule has 2 aromatic carbocycles. The second kappa shape index (κ2) is 8.35. The largest absolute Gasteiger partial charge is 0.368 e. The number of rotatable bonds is 5. The highest BCUT2D eigenvalue weighted by Crippen LogP contribution is 2.34. The fourth-order valence-electron chi connectivity index (χ4n) is 2.91. The van der Waals surface area contributed by atoms with Gasteiger partial charge < -0.3 is 16.4 Å². The van der Waals surface area contributed by atoms with Gasteiger partial charge in [-0.2, -0.15) is 5.10 Å². The van der Waals surface area contributed by atoms with Crippen molar-refractivity contribution >= 4 is 34.6 Å². The van der Waals surface area contributed by atoms with Crippen LogP contribution >= 0.6 is 0 Å². The van der Waals surface area contributed by atoms with Gasteiger partial charge in [-0.15, -0.1) is 5.10 Å².